The number of rotatable bonds is 5. The number of nitrogens with one attached hydrogen (secondary N) is 1. The number of halogens is 3. The smallest absolute Gasteiger partial charge is 0.420 e. The Morgan fingerprint density at radius 3 is 2.36 bits per heavy atom. The molecule has 1 aliphatic carbocycles. The predicted molar refractivity (Wildman–Crippen MR) is 102 cm³/mol. The van der Waals surface area contributed by atoms with Gasteiger partial charge in [0.15, 0.2) is 0 Å². The van der Waals surface area contributed by atoms with Crippen molar-refractivity contribution in [2.45, 2.75) is 50.6 Å². The van der Waals surface area contributed by atoms with Gasteiger partial charge in [0, 0.05) is 5.69 Å². The third kappa shape index (κ3) is 4.16. The minimum absolute atomic E-state index is 0.127. The third-order valence-electron chi connectivity index (χ3n) is 5.31. The average Bonchev–Trinajstić information content (AvgIpc) is 2.69. The molecule has 0 spiro atoms. The van der Waals surface area contributed by atoms with Gasteiger partial charge in [-0.25, -0.2) is 0 Å². The van der Waals surface area contributed by atoms with Crippen molar-refractivity contribution in [3.8, 4) is 5.75 Å². The minimum Gasteiger partial charge on any atom is -0.493 e. The molecule has 1 fully saturated rings. The lowest BCUT2D eigenvalue weighted by molar-refractivity contribution is -0.139. The largest absolute Gasteiger partial charge is 0.493 e. The van der Waals surface area contributed by atoms with Crippen LogP contribution in [0, 0.1) is 0 Å². The highest BCUT2D eigenvalue weighted by Gasteiger charge is 2.41. The average molecular weight is 391 g/mol. The number of benzene rings is 2. The summed E-state index contributed by atoms with van der Waals surface area (Å²) in [6.07, 6.45) is -0.298. The van der Waals surface area contributed by atoms with Crippen LogP contribution in [0.5, 0.6) is 5.75 Å². The molecule has 3 nitrogen and oxygen atoms in total. The van der Waals surface area contributed by atoms with Crippen LogP contribution in [0.25, 0.3) is 0 Å². The first-order valence-corrected chi connectivity index (χ1v) is 9.58. The number of amides is 1. The molecule has 0 unspecified atom stereocenters. The zero-order valence-electron chi connectivity index (χ0n) is 15.8. The lowest BCUT2D eigenvalue weighted by atomic mass is 9.68. The Hall–Kier alpha value is -2.50. The highest BCUT2D eigenvalue weighted by atomic mass is 19.4. The molecule has 6 heteroatoms. The molecule has 1 aliphatic rings. The number of ether oxygens (including phenoxy) is 1. The standard InChI is InChI=1S/C22H24F3NO2/c1-2-28-19-12-11-17(15-18(19)22(23,24)25)26-20(27)21(13-7-4-8-14-21)16-9-5-3-6-10-16/h3,5-6,9-12,15H,2,4,7-8,13-14H2,1H3,(H,26,27). The molecule has 0 aliphatic heterocycles. The number of carbonyl (C=O) groups is 1. The second kappa shape index (κ2) is 8.25. The minimum atomic E-state index is -4.56. The zero-order chi connectivity index (χ0) is 20.2. The van der Waals surface area contributed by atoms with Gasteiger partial charge in [0.2, 0.25) is 5.91 Å². The molecule has 150 valence electrons. The van der Waals surface area contributed by atoms with Crippen molar-refractivity contribution in [2.75, 3.05) is 11.9 Å². The summed E-state index contributed by atoms with van der Waals surface area (Å²) in [4.78, 5) is 13.2. The molecule has 0 atom stereocenters. The van der Waals surface area contributed by atoms with E-state index in [1.807, 2.05) is 30.3 Å². The van der Waals surface area contributed by atoms with E-state index in [0.29, 0.717) is 12.8 Å². The quantitative estimate of drug-likeness (QED) is 0.684. The van der Waals surface area contributed by atoms with Gasteiger partial charge >= 0.3 is 6.18 Å². The summed E-state index contributed by atoms with van der Waals surface area (Å²) in [5.41, 5.74) is -0.559. The molecule has 1 N–H and O–H groups in total. The number of alkyl halides is 3. The highest BCUT2D eigenvalue weighted by molar-refractivity contribution is 5.99. The number of hydrogen-bond donors (Lipinski definition) is 1. The van der Waals surface area contributed by atoms with Crippen molar-refractivity contribution in [3.63, 3.8) is 0 Å². The normalized spacial score (nSPS) is 16.4. The van der Waals surface area contributed by atoms with Crippen LogP contribution in [0.3, 0.4) is 0 Å². The Kier molecular flexibility index (Phi) is 5.96. The molecular formula is C22H24F3NO2. The van der Waals surface area contributed by atoms with Crippen LogP contribution in [0.1, 0.15) is 50.2 Å². The van der Waals surface area contributed by atoms with Crippen molar-refractivity contribution >= 4 is 11.6 Å². The number of hydrogen-bond acceptors (Lipinski definition) is 2. The van der Waals surface area contributed by atoms with Gasteiger partial charge in [0.25, 0.3) is 0 Å². The van der Waals surface area contributed by atoms with Crippen LogP contribution >= 0.6 is 0 Å². The second-order valence-corrected chi connectivity index (χ2v) is 7.10. The van der Waals surface area contributed by atoms with E-state index >= 15 is 0 Å². The van der Waals surface area contributed by atoms with E-state index in [-0.39, 0.29) is 24.0 Å². The van der Waals surface area contributed by atoms with Gasteiger partial charge in [-0.3, -0.25) is 4.79 Å². The van der Waals surface area contributed by atoms with Crippen LogP contribution < -0.4 is 10.1 Å². The fourth-order valence-corrected chi connectivity index (χ4v) is 3.92. The fraction of sp³-hybridized carbons (Fsp3) is 0.409. The number of carbonyl (C=O) groups excluding carboxylic acids is 1. The van der Waals surface area contributed by atoms with Crippen LogP contribution in [0.2, 0.25) is 0 Å². The van der Waals surface area contributed by atoms with E-state index < -0.39 is 17.2 Å². The topological polar surface area (TPSA) is 38.3 Å². The molecule has 0 bridgehead atoms. The first-order valence-electron chi connectivity index (χ1n) is 9.58. The second-order valence-electron chi connectivity index (χ2n) is 7.10. The monoisotopic (exact) mass is 391 g/mol. The van der Waals surface area contributed by atoms with Crippen molar-refractivity contribution in [1.29, 1.82) is 0 Å². The molecule has 0 saturated heterocycles. The highest BCUT2D eigenvalue weighted by Crippen LogP contribution is 2.42. The molecule has 0 radical (unpaired) electrons. The zero-order valence-corrected chi connectivity index (χ0v) is 15.8. The Bertz CT molecular complexity index is 812. The van der Waals surface area contributed by atoms with E-state index in [1.165, 1.54) is 12.1 Å². The van der Waals surface area contributed by atoms with E-state index in [0.717, 1.165) is 30.9 Å². The summed E-state index contributed by atoms with van der Waals surface area (Å²) in [5.74, 6) is -0.487. The van der Waals surface area contributed by atoms with E-state index in [9.17, 15) is 18.0 Å². The maximum Gasteiger partial charge on any atom is 0.420 e. The summed E-state index contributed by atoms with van der Waals surface area (Å²) in [6.45, 7) is 1.76. The van der Waals surface area contributed by atoms with Gasteiger partial charge in [-0.1, -0.05) is 49.6 Å². The molecule has 2 aromatic carbocycles. The van der Waals surface area contributed by atoms with Gasteiger partial charge in [-0.05, 0) is 43.5 Å². The summed E-state index contributed by atoms with van der Waals surface area (Å²) >= 11 is 0. The van der Waals surface area contributed by atoms with Crippen LogP contribution in [0.15, 0.2) is 48.5 Å². The Balaban J connectivity index is 1.92. The SMILES string of the molecule is CCOc1ccc(NC(=O)C2(c3ccccc3)CCCCC2)cc1C(F)(F)F. The van der Waals surface area contributed by atoms with Crippen LogP contribution in [-0.2, 0) is 16.4 Å². The lowest BCUT2D eigenvalue weighted by Gasteiger charge is -2.36. The molecular weight excluding hydrogens is 367 g/mol. The molecule has 2 aromatic rings. The van der Waals surface area contributed by atoms with E-state index in [4.69, 9.17) is 4.74 Å². The molecule has 0 aromatic heterocycles. The van der Waals surface area contributed by atoms with Crippen LogP contribution in [0.4, 0.5) is 18.9 Å². The Morgan fingerprint density at radius 2 is 1.75 bits per heavy atom. The number of anilines is 1. The Morgan fingerprint density at radius 1 is 1.07 bits per heavy atom. The van der Waals surface area contributed by atoms with Crippen molar-refractivity contribution < 1.29 is 22.7 Å². The van der Waals surface area contributed by atoms with Gasteiger partial charge < -0.3 is 10.1 Å². The maximum atomic E-state index is 13.4. The Labute approximate surface area is 162 Å². The predicted octanol–water partition coefficient (Wildman–Crippen LogP) is 5.94. The molecule has 1 amide bonds. The van der Waals surface area contributed by atoms with Crippen molar-refractivity contribution in [1.82, 2.24) is 0 Å². The molecule has 0 heterocycles. The molecule has 1 saturated carbocycles. The maximum absolute atomic E-state index is 13.4. The fourth-order valence-electron chi connectivity index (χ4n) is 3.92. The lowest BCUT2D eigenvalue weighted by Crippen LogP contribution is -2.42. The summed E-state index contributed by atoms with van der Waals surface area (Å²) in [7, 11) is 0. The van der Waals surface area contributed by atoms with Gasteiger partial charge in [-0.15, -0.1) is 0 Å². The summed E-state index contributed by atoms with van der Waals surface area (Å²) < 4.78 is 45.3. The van der Waals surface area contributed by atoms with E-state index in [1.54, 1.807) is 6.92 Å². The summed E-state index contributed by atoms with van der Waals surface area (Å²) in [6, 6.07) is 13.2. The van der Waals surface area contributed by atoms with Gasteiger partial charge in [-0.2, -0.15) is 13.2 Å². The first kappa shape index (κ1) is 20.2. The van der Waals surface area contributed by atoms with Crippen LogP contribution in [-0.4, -0.2) is 12.5 Å². The van der Waals surface area contributed by atoms with Gasteiger partial charge in [0.05, 0.1) is 17.6 Å². The third-order valence-corrected chi connectivity index (χ3v) is 5.31. The molecule has 28 heavy (non-hydrogen) atoms. The van der Waals surface area contributed by atoms with Crippen molar-refractivity contribution in [2.24, 2.45) is 0 Å². The van der Waals surface area contributed by atoms with Gasteiger partial charge in [0.1, 0.15) is 5.75 Å². The van der Waals surface area contributed by atoms with Crippen molar-refractivity contribution in [3.05, 3.63) is 59.7 Å². The first-order chi connectivity index (χ1) is 13.4. The summed E-state index contributed by atoms with van der Waals surface area (Å²) in [5, 5.41) is 2.74. The molecule has 3 rings (SSSR count). The van der Waals surface area contributed by atoms with E-state index in [2.05, 4.69) is 5.32 Å².